The fraction of sp³-hybridized carbons (Fsp3) is 0.833. The topological polar surface area (TPSA) is 98.2 Å². The molecule has 1 unspecified atom stereocenters. The lowest BCUT2D eigenvalue weighted by atomic mass is 9.85. The number of nitrogens with two attached hydrogens (primary N) is 2. The van der Waals surface area contributed by atoms with Crippen LogP contribution in [0.2, 0.25) is 0 Å². The van der Waals surface area contributed by atoms with E-state index in [1.54, 1.807) is 0 Å². The van der Waals surface area contributed by atoms with Gasteiger partial charge in [-0.3, -0.25) is 9.59 Å². The third kappa shape index (κ3) is 8.68. The van der Waals surface area contributed by atoms with Crippen molar-refractivity contribution in [3.63, 3.8) is 0 Å². The molecule has 0 aromatic heterocycles. The summed E-state index contributed by atoms with van der Waals surface area (Å²) in [7, 11) is 0. The standard InChI is InChI=1S/C12H25N3O2/c1-12(2,3)9(13)8-11(17)15-7-5-4-6-10(14)16/h9H,4-8,13H2,1-3H3,(H2,14,16)(H,15,17). The van der Waals surface area contributed by atoms with E-state index in [4.69, 9.17) is 11.5 Å². The van der Waals surface area contributed by atoms with Crippen LogP contribution in [0.5, 0.6) is 0 Å². The maximum Gasteiger partial charge on any atom is 0.221 e. The molecule has 0 aromatic rings. The quantitative estimate of drug-likeness (QED) is 0.568. The summed E-state index contributed by atoms with van der Waals surface area (Å²) in [6.07, 6.45) is 2.18. The van der Waals surface area contributed by atoms with Crippen molar-refractivity contribution in [3.8, 4) is 0 Å². The number of primary amides is 1. The maximum atomic E-state index is 11.5. The molecule has 0 aromatic carbocycles. The van der Waals surface area contributed by atoms with Crippen LogP contribution in [0, 0.1) is 5.41 Å². The summed E-state index contributed by atoms with van der Waals surface area (Å²) < 4.78 is 0. The summed E-state index contributed by atoms with van der Waals surface area (Å²) in [6, 6.07) is -0.145. The van der Waals surface area contributed by atoms with Crippen LogP contribution in [0.3, 0.4) is 0 Å². The Balaban J connectivity index is 3.64. The second-order valence-corrected chi connectivity index (χ2v) is 5.45. The Morgan fingerprint density at radius 3 is 2.29 bits per heavy atom. The number of carbonyl (C=O) groups is 2. The van der Waals surface area contributed by atoms with Gasteiger partial charge in [-0.15, -0.1) is 0 Å². The van der Waals surface area contributed by atoms with Crippen molar-refractivity contribution >= 4 is 11.8 Å². The van der Waals surface area contributed by atoms with Crippen molar-refractivity contribution in [2.75, 3.05) is 6.54 Å². The molecule has 0 fully saturated rings. The van der Waals surface area contributed by atoms with E-state index in [0.717, 1.165) is 6.42 Å². The fourth-order valence-corrected chi connectivity index (χ4v) is 1.23. The first-order valence-electron chi connectivity index (χ1n) is 6.04. The van der Waals surface area contributed by atoms with Gasteiger partial charge in [-0.05, 0) is 18.3 Å². The van der Waals surface area contributed by atoms with Gasteiger partial charge in [0.2, 0.25) is 11.8 Å². The van der Waals surface area contributed by atoms with E-state index in [-0.39, 0.29) is 23.3 Å². The van der Waals surface area contributed by atoms with Crippen LogP contribution in [-0.2, 0) is 9.59 Å². The molecule has 0 saturated heterocycles. The van der Waals surface area contributed by atoms with Crippen LogP contribution in [0.1, 0.15) is 46.5 Å². The zero-order valence-corrected chi connectivity index (χ0v) is 11.1. The summed E-state index contributed by atoms with van der Waals surface area (Å²) in [5.41, 5.74) is 10.8. The van der Waals surface area contributed by atoms with Crippen LogP contribution in [0.15, 0.2) is 0 Å². The highest BCUT2D eigenvalue weighted by atomic mass is 16.1. The Bertz CT molecular complexity index is 259. The average molecular weight is 243 g/mol. The minimum absolute atomic E-state index is 0.0356. The van der Waals surface area contributed by atoms with Crippen molar-refractivity contribution < 1.29 is 9.59 Å². The lowest BCUT2D eigenvalue weighted by Gasteiger charge is -2.26. The maximum absolute atomic E-state index is 11.5. The zero-order chi connectivity index (χ0) is 13.5. The molecule has 17 heavy (non-hydrogen) atoms. The number of nitrogens with one attached hydrogen (secondary N) is 1. The van der Waals surface area contributed by atoms with Gasteiger partial charge in [0.25, 0.3) is 0 Å². The molecule has 0 aliphatic carbocycles. The molecule has 5 nitrogen and oxygen atoms in total. The Morgan fingerprint density at radius 2 is 1.82 bits per heavy atom. The highest BCUT2D eigenvalue weighted by Gasteiger charge is 2.22. The third-order valence-corrected chi connectivity index (χ3v) is 2.69. The first kappa shape index (κ1) is 15.9. The molecule has 5 heteroatoms. The number of hydrogen-bond acceptors (Lipinski definition) is 3. The van der Waals surface area contributed by atoms with Crippen LogP contribution < -0.4 is 16.8 Å². The van der Waals surface area contributed by atoms with Gasteiger partial charge in [0.1, 0.15) is 0 Å². The average Bonchev–Trinajstić information content (AvgIpc) is 2.15. The van der Waals surface area contributed by atoms with E-state index in [2.05, 4.69) is 5.32 Å². The molecule has 1 atom stereocenters. The van der Waals surface area contributed by atoms with Gasteiger partial charge in [0, 0.05) is 25.4 Å². The molecule has 2 amide bonds. The largest absolute Gasteiger partial charge is 0.370 e. The number of hydrogen-bond donors (Lipinski definition) is 3. The first-order chi connectivity index (χ1) is 7.73. The number of amides is 2. The van der Waals surface area contributed by atoms with Gasteiger partial charge in [-0.1, -0.05) is 20.8 Å². The van der Waals surface area contributed by atoms with Crippen molar-refractivity contribution in [1.29, 1.82) is 0 Å². The van der Waals surface area contributed by atoms with Gasteiger partial charge < -0.3 is 16.8 Å². The Morgan fingerprint density at radius 1 is 1.24 bits per heavy atom. The fourth-order valence-electron chi connectivity index (χ4n) is 1.23. The molecule has 0 aliphatic heterocycles. The highest BCUT2D eigenvalue weighted by Crippen LogP contribution is 2.19. The van der Waals surface area contributed by atoms with E-state index < -0.39 is 0 Å². The number of rotatable bonds is 7. The zero-order valence-electron chi connectivity index (χ0n) is 11.1. The Hall–Kier alpha value is -1.10. The molecule has 0 heterocycles. The van der Waals surface area contributed by atoms with E-state index in [9.17, 15) is 9.59 Å². The van der Waals surface area contributed by atoms with Gasteiger partial charge in [-0.2, -0.15) is 0 Å². The monoisotopic (exact) mass is 243 g/mol. The third-order valence-electron chi connectivity index (χ3n) is 2.69. The molecule has 100 valence electrons. The number of unbranched alkanes of at least 4 members (excludes halogenated alkanes) is 1. The van der Waals surface area contributed by atoms with E-state index >= 15 is 0 Å². The van der Waals surface area contributed by atoms with E-state index in [1.165, 1.54) is 0 Å². The minimum atomic E-state index is -0.300. The Labute approximate surface area is 103 Å². The normalized spacial score (nSPS) is 13.2. The second kappa shape index (κ2) is 7.27. The summed E-state index contributed by atoms with van der Waals surface area (Å²) in [5.74, 6) is -0.336. The van der Waals surface area contributed by atoms with Crippen molar-refractivity contribution in [3.05, 3.63) is 0 Å². The van der Waals surface area contributed by atoms with Crippen LogP contribution in [0.4, 0.5) is 0 Å². The van der Waals surface area contributed by atoms with Crippen LogP contribution in [0.25, 0.3) is 0 Å². The lowest BCUT2D eigenvalue weighted by Crippen LogP contribution is -2.40. The SMILES string of the molecule is CC(C)(C)C(N)CC(=O)NCCCCC(N)=O. The molecule has 0 bridgehead atoms. The minimum Gasteiger partial charge on any atom is -0.370 e. The van der Waals surface area contributed by atoms with Gasteiger partial charge in [0.05, 0.1) is 0 Å². The second-order valence-electron chi connectivity index (χ2n) is 5.45. The van der Waals surface area contributed by atoms with Gasteiger partial charge >= 0.3 is 0 Å². The summed E-state index contributed by atoms with van der Waals surface area (Å²) in [5, 5.41) is 2.79. The summed E-state index contributed by atoms with van der Waals surface area (Å²) >= 11 is 0. The summed E-state index contributed by atoms with van der Waals surface area (Å²) in [4.78, 5) is 22.0. The molecule has 0 spiro atoms. The molecular weight excluding hydrogens is 218 g/mol. The van der Waals surface area contributed by atoms with E-state index in [1.807, 2.05) is 20.8 Å². The van der Waals surface area contributed by atoms with E-state index in [0.29, 0.717) is 25.8 Å². The summed E-state index contributed by atoms with van der Waals surface area (Å²) in [6.45, 7) is 6.61. The first-order valence-corrected chi connectivity index (χ1v) is 6.04. The molecule has 5 N–H and O–H groups in total. The van der Waals surface area contributed by atoms with Gasteiger partial charge in [0.15, 0.2) is 0 Å². The smallest absolute Gasteiger partial charge is 0.221 e. The van der Waals surface area contributed by atoms with Gasteiger partial charge in [-0.25, -0.2) is 0 Å². The van der Waals surface area contributed by atoms with Crippen molar-refractivity contribution in [1.82, 2.24) is 5.32 Å². The molecule has 0 rings (SSSR count). The highest BCUT2D eigenvalue weighted by molar-refractivity contribution is 5.76. The molecular formula is C12H25N3O2. The molecule has 0 saturated carbocycles. The molecule has 0 radical (unpaired) electrons. The number of carbonyl (C=O) groups excluding carboxylic acids is 2. The predicted octanol–water partition coefficient (Wildman–Crippen LogP) is 0.522. The predicted molar refractivity (Wildman–Crippen MR) is 68.1 cm³/mol. The lowest BCUT2D eigenvalue weighted by molar-refractivity contribution is -0.122. The van der Waals surface area contributed by atoms with Crippen LogP contribution >= 0.6 is 0 Å². The van der Waals surface area contributed by atoms with Crippen molar-refractivity contribution in [2.24, 2.45) is 16.9 Å². The van der Waals surface area contributed by atoms with Crippen molar-refractivity contribution in [2.45, 2.75) is 52.5 Å². The Kier molecular flexibility index (Phi) is 6.80. The molecule has 0 aliphatic rings. The van der Waals surface area contributed by atoms with Crippen LogP contribution in [-0.4, -0.2) is 24.4 Å².